The van der Waals surface area contributed by atoms with Gasteiger partial charge in [-0.15, -0.1) is 0 Å². The van der Waals surface area contributed by atoms with Crippen molar-refractivity contribution in [2.75, 3.05) is 45.3 Å². The number of guanidine groups is 1. The zero-order chi connectivity index (χ0) is 20.5. The Hall–Kier alpha value is -2.89. The smallest absolute Gasteiger partial charge is 0.191 e. The lowest BCUT2D eigenvalue weighted by molar-refractivity contribution is 0.410. The van der Waals surface area contributed by atoms with Crippen LogP contribution in [0.5, 0.6) is 11.5 Å². The van der Waals surface area contributed by atoms with Crippen LogP contribution < -0.4 is 25.0 Å². The van der Waals surface area contributed by atoms with E-state index in [-0.39, 0.29) is 0 Å². The molecule has 0 aliphatic carbocycles. The highest BCUT2D eigenvalue weighted by molar-refractivity contribution is 5.80. The van der Waals surface area contributed by atoms with E-state index in [0.717, 1.165) is 55.6 Å². The van der Waals surface area contributed by atoms with E-state index >= 15 is 0 Å². The summed E-state index contributed by atoms with van der Waals surface area (Å²) in [5.41, 5.74) is 2.33. The van der Waals surface area contributed by atoms with Gasteiger partial charge in [-0.3, -0.25) is 4.99 Å². The summed E-state index contributed by atoms with van der Waals surface area (Å²) < 4.78 is 11.0. The predicted molar refractivity (Wildman–Crippen MR) is 119 cm³/mol. The van der Waals surface area contributed by atoms with Crippen LogP contribution >= 0.6 is 0 Å². The van der Waals surface area contributed by atoms with Crippen LogP contribution in [0.15, 0.2) is 53.5 Å². The Balaban J connectivity index is 1.58. The molecular formula is C23H32N4O2. The normalized spacial score (nSPS) is 16.6. The maximum absolute atomic E-state index is 5.52. The van der Waals surface area contributed by atoms with E-state index in [1.165, 1.54) is 5.56 Å². The Morgan fingerprint density at radius 1 is 1.07 bits per heavy atom. The monoisotopic (exact) mass is 396 g/mol. The largest absolute Gasteiger partial charge is 0.496 e. The van der Waals surface area contributed by atoms with Gasteiger partial charge in [-0.2, -0.15) is 0 Å². The number of rotatable bonds is 8. The van der Waals surface area contributed by atoms with E-state index in [0.29, 0.717) is 12.6 Å². The molecular weight excluding hydrogens is 364 g/mol. The lowest BCUT2D eigenvalue weighted by Crippen LogP contribution is -2.44. The molecule has 2 N–H and O–H groups in total. The van der Waals surface area contributed by atoms with Crippen LogP contribution in [0.2, 0.25) is 0 Å². The topological polar surface area (TPSA) is 58.1 Å². The number of hydrogen-bond acceptors (Lipinski definition) is 4. The van der Waals surface area contributed by atoms with Crippen LogP contribution in [-0.4, -0.2) is 52.4 Å². The molecule has 0 aromatic heterocycles. The lowest BCUT2D eigenvalue weighted by atomic mass is 10.1. The maximum atomic E-state index is 5.52. The molecule has 1 saturated heterocycles. The van der Waals surface area contributed by atoms with Crippen molar-refractivity contribution in [3.63, 3.8) is 0 Å². The van der Waals surface area contributed by atoms with E-state index < -0.39 is 0 Å². The third-order valence-electron chi connectivity index (χ3n) is 5.14. The molecule has 0 saturated carbocycles. The van der Waals surface area contributed by atoms with Crippen molar-refractivity contribution in [3.8, 4) is 11.5 Å². The van der Waals surface area contributed by atoms with Crippen LogP contribution in [0, 0.1) is 0 Å². The summed E-state index contributed by atoms with van der Waals surface area (Å²) in [6, 6.07) is 16.7. The standard InChI is InChI=1S/C23H32N4O2/c1-4-24-23(25-15-13-18-9-5-7-11-21(18)28-2)26-19-14-16-27(17-19)20-10-6-8-12-22(20)29-3/h5-12,19H,4,13-17H2,1-3H3,(H2,24,25,26). The summed E-state index contributed by atoms with van der Waals surface area (Å²) >= 11 is 0. The van der Waals surface area contributed by atoms with Crippen molar-refractivity contribution in [2.45, 2.75) is 25.8 Å². The van der Waals surface area contributed by atoms with Crippen molar-refractivity contribution in [1.82, 2.24) is 10.6 Å². The number of para-hydroxylation sites is 3. The van der Waals surface area contributed by atoms with Crippen molar-refractivity contribution < 1.29 is 9.47 Å². The summed E-state index contributed by atoms with van der Waals surface area (Å²) in [7, 11) is 3.43. The molecule has 3 rings (SSSR count). The average molecular weight is 397 g/mol. The number of ether oxygens (including phenoxy) is 2. The number of methoxy groups -OCH3 is 2. The fourth-order valence-electron chi connectivity index (χ4n) is 3.70. The summed E-state index contributed by atoms with van der Waals surface area (Å²) in [5, 5.41) is 6.96. The van der Waals surface area contributed by atoms with Crippen LogP contribution in [0.25, 0.3) is 0 Å². The first kappa shape index (κ1) is 20.8. The molecule has 0 bridgehead atoms. The van der Waals surface area contributed by atoms with Gasteiger partial charge in [0.25, 0.3) is 0 Å². The fourth-order valence-corrected chi connectivity index (χ4v) is 3.70. The molecule has 29 heavy (non-hydrogen) atoms. The van der Waals surface area contributed by atoms with Crippen molar-refractivity contribution in [3.05, 3.63) is 54.1 Å². The van der Waals surface area contributed by atoms with E-state index in [1.54, 1.807) is 14.2 Å². The molecule has 1 fully saturated rings. The maximum Gasteiger partial charge on any atom is 0.191 e. The minimum Gasteiger partial charge on any atom is -0.496 e. The van der Waals surface area contributed by atoms with Gasteiger partial charge >= 0.3 is 0 Å². The molecule has 0 spiro atoms. The van der Waals surface area contributed by atoms with Crippen molar-refractivity contribution in [2.24, 2.45) is 4.99 Å². The van der Waals surface area contributed by atoms with Gasteiger partial charge in [-0.05, 0) is 43.5 Å². The second kappa shape index (κ2) is 10.6. The van der Waals surface area contributed by atoms with E-state index in [2.05, 4.69) is 40.7 Å². The Kier molecular flexibility index (Phi) is 7.61. The molecule has 2 aromatic carbocycles. The first-order valence-corrected chi connectivity index (χ1v) is 10.3. The molecule has 1 aliphatic heterocycles. The molecule has 1 heterocycles. The third kappa shape index (κ3) is 5.56. The highest BCUT2D eigenvalue weighted by Gasteiger charge is 2.25. The van der Waals surface area contributed by atoms with Crippen molar-refractivity contribution in [1.29, 1.82) is 0 Å². The molecule has 1 atom stereocenters. The van der Waals surface area contributed by atoms with Crippen LogP contribution in [-0.2, 0) is 6.42 Å². The summed E-state index contributed by atoms with van der Waals surface area (Å²) in [6.45, 7) is 5.56. The van der Waals surface area contributed by atoms with Gasteiger partial charge in [-0.25, -0.2) is 0 Å². The van der Waals surface area contributed by atoms with E-state index in [1.807, 2.05) is 30.3 Å². The van der Waals surface area contributed by atoms with E-state index in [4.69, 9.17) is 14.5 Å². The molecule has 1 aliphatic rings. The Morgan fingerprint density at radius 2 is 1.79 bits per heavy atom. The summed E-state index contributed by atoms with van der Waals surface area (Å²) in [6.07, 6.45) is 1.91. The van der Waals surface area contributed by atoms with Gasteiger partial charge in [0.2, 0.25) is 0 Å². The number of nitrogens with zero attached hydrogens (tertiary/aromatic N) is 2. The molecule has 1 unspecified atom stereocenters. The number of aliphatic imine (C=N–C) groups is 1. The molecule has 0 radical (unpaired) electrons. The second-order valence-corrected chi connectivity index (χ2v) is 7.07. The van der Waals surface area contributed by atoms with Crippen LogP contribution in [0.3, 0.4) is 0 Å². The fraction of sp³-hybridized carbons (Fsp3) is 0.435. The number of nitrogens with one attached hydrogen (secondary N) is 2. The summed E-state index contributed by atoms with van der Waals surface area (Å²) in [4.78, 5) is 7.14. The third-order valence-corrected chi connectivity index (χ3v) is 5.14. The Bertz CT molecular complexity index is 809. The zero-order valence-electron chi connectivity index (χ0n) is 17.6. The Morgan fingerprint density at radius 3 is 2.55 bits per heavy atom. The second-order valence-electron chi connectivity index (χ2n) is 7.07. The van der Waals surface area contributed by atoms with Gasteiger partial charge in [0, 0.05) is 32.2 Å². The first-order valence-electron chi connectivity index (χ1n) is 10.3. The quantitative estimate of drug-likeness (QED) is 0.530. The van der Waals surface area contributed by atoms with Gasteiger partial charge in [0.05, 0.1) is 19.9 Å². The minimum absolute atomic E-state index is 0.351. The lowest BCUT2D eigenvalue weighted by Gasteiger charge is -2.22. The molecule has 2 aromatic rings. The molecule has 6 nitrogen and oxygen atoms in total. The van der Waals surface area contributed by atoms with Gasteiger partial charge in [-0.1, -0.05) is 30.3 Å². The highest BCUT2D eigenvalue weighted by atomic mass is 16.5. The minimum atomic E-state index is 0.351. The molecule has 6 heteroatoms. The van der Waals surface area contributed by atoms with Gasteiger partial charge in [0.15, 0.2) is 5.96 Å². The van der Waals surface area contributed by atoms with Gasteiger partial charge < -0.3 is 25.0 Å². The number of hydrogen-bond donors (Lipinski definition) is 2. The SMILES string of the molecule is CCNC(=NCCc1ccccc1OC)NC1CCN(c2ccccc2OC)C1. The van der Waals surface area contributed by atoms with Crippen LogP contribution in [0.1, 0.15) is 18.9 Å². The van der Waals surface area contributed by atoms with Crippen molar-refractivity contribution >= 4 is 11.6 Å². The zero-order valence-corrected chi connectivity index (χ0v) is 17.6. The van der Waals surface area contributed by atoms with Gasteiger partial charge in [0.1, 0.15) is 11.5 Å². The van der Waals surface area contributed by atoms with Crippen LogP contribution in [0.4, 0.5) is 5.69 Å². The number of anilines is 1. The Labute approximate surface area is 173 Å². The van der Waals surface area contributed by atoms with E-state index in [9.17, 15) is 0 Å². The average Bonchev–Trinajstić information content (AvgIpc) is 3.22. The highest BCUT2D eigenvalue weighted by Crippen LogP contribution is 2.30. The summed E-state index contributed by atoms with van der Waals surface area (Å²) in [5.74, 6) is 2.71. The predicted octanol–water partition coefficient (Wildman–Crippen LogP) is 3.08. The number of benzene rings is 2. The molecule has 156 valence electrons. The molecule has 0 amide bonds. The first-order chi connectivity index (χ1) is 14.2.